The standard InChI is InChI=1S/C13H13BrN4O3/c1-18-4-3-10(17-18)13(20)16-15-7-8-5-9(14)6-11(21-2)12(8)19/h3-7,19H,1-2H3,(H,16,20). The summed E-state index contributed by atoms with van der Waals surface area (Å²) in [5, 5.41) is 17.7. The molecule has 2 rings (SSSR count). The normalized spacial score (nSPS) is 10.8. The van der Waals surface area contributed by atoms with Gasteiger partial charge in [0.05, 0.1) is 13.3 Å². The first-order valence-corrected chi connectivity index (χ1v) is 6.70. The van der Waals surface area contributed by atoms with E-state index in [9.17, 15) is 9.90 Å². The zero-order valence-electron chi connectivity index (χ0n) is 11.4. The molecule has 2 N–H and O–H groups in total. The summed E-state index contributed by atoms with van der Waals surface area (Å²) < 4.78 is 7.26. The number of phenols is 1. The number of hydrogen-bond acceptors (Lipinski definition) is 5. The van der Waals surface area contributed by atoms with Crippen LogP contribution in [0.4, 0.5) is 0 Å². The molecule has 0 fully saturated rings. The molecule has 0 saturated heterocycles. The number of aromatic nitrogens is 2. The molecule has 0 aliphatic heterocycles. The molecule has 0 unspecified atom stereocenters. The molecule has 2 aromatic rings. The third kappa shape index (κ3) is 3.60. The molecule has 21 heavy (non-hydrogen) atoms. The van der Waals surface area contributed by atoms with Crippen molar-refractivity contribution in [3.05, 3.63) is 40.1 Å². The van der Waals surface area contributed by atoms with E-state index in [0.717, 1.165) is 4.47 Å². The molecule has 1 heterocycles. The zero-order chi connectivity index (χ0) is 15.4. The molecule has 1 aromatic heterocycles. The Morgan fingerprint density at radius 2 is 2.33 bits per heavy atom. The van der Waals surface area contributed by atoms with Gasteiger partial charge in [0.25, 0.3) is 5.91 Å². The number of halogens is 1. The second-order valence-corrected chi connectivity index (χ2v) is 5.04. The smallest absolute Gasteiger partial charge is 0.291 e. The van der Waals surface area contributed by atoms with E-state index in [4.69, 9.17) is 4.74 Å². The number of nitrogens with zero attached hydrogens (tertiary/aromatic N) is 3. The maximum Gasteiger partial charge on any atom is 0.291 e. The lowest BCUT2D eigenvalue weighted by molar-refractivity contribution is 0.0949. The molecule has 0 aliphatic carbocycles. The van der Waals surface area contributed by atoms with Gasteiger partial charge in [-0.2, -0.15) is 10.2 Å². The van der Waals surface area contributed by atoms with Crippen LogP contribution >= 0.6 is 15.9 Å². The first-order valence-electron chi connectivity index (χ1n) is 5.91. The predicted molar refractivity (Wildman–Crippen MR) is 80.6 cm³/mol. The highest BCUT2D eigenvalue weighted by atomic mass is 79.9. The quantitative estimate of drug-likeness (QED) is 0.646. The number of carbonyl (C=O) groups is 1. The summed E-state index contributed by atoms with van der Waals surface area (Å²) in [6, 6.07) is 4.85. The third-order valence-electron chi connectivity index (χ3n) is 2.61. The summed E-state index contributed by atoms with van der Waals surface area (Å²) in [6.45, 7) is 0. The van der Waals surface area contributed by atoms with E-state index in [0.29, 0.717) is 11.3 Å². The van der Waals surface area contributed by atoms with E-state index in [1.165, 1.54) is 18.0 Å². The number of amides is 1. The van der Waals surface area contributed by atoms with Gasteiger partial charge in [-0.3, -0.25) is 9.48 Å². The molecule has 1 amide bonds. The number of benzene rings is 1. The minimum Gasteiger partial charge on any atom is -0.504 e. The lowest BCUT2D eigenvalue weighted by atomic mass is 10.2. The van der Waals surface area contributed by atoms with E-state index in [-0.39, 0.29) is 11.4 Å². The van der Waals surface area contributed by atoms with Crippen LogP contribution in [-0.2, 0) is 7.05 Å². The van der Waals surface area contributed by atoms with Crippen molar-refractivity contribution in [1.82, 2.24) is 15.2 Å². The molecule has 0 aliphatic rings. The van der Waals surface area contributed by atoms with Gasteiger partial charge < -0.3 is 9.84 Å². The van der Waals surface area contributed by atoms with Gasteiger partial charge in [-0.25, -0.2) is 5.43 Å². The summed E-state index contributed by atoms with van der Waals surface area (Å²) in [7, 11) is 3.16. The van der Waals surface area contributed by atoms with Gasteiger partial charge in [0.15, 0.2) is 17.2 Å². The number of nitrogens with one attached hydrogen (secondary N) is 1. The Morgan fingerprint density at radius 3 is 2.95 bits per heavy atom. The van der Waals surface area contributed by atoms with E-state index in [1.807, 2.05) is 0 Å². The van der Waals surface area contributed by atoms with Gasteiger partial charge >= 0.3 is 0 Å². The van der Waals surface area contributed by atoms with Crippen LogP contribution < -0.4 is 10.2 Å². The molecule has 0 spiro atoms. The third-order valence-corrected chi connectivity index (χ3v) is 3.06. The molecular formula is C13H13BrN4O3. The fourth-order valence-corrected chi connectivity index (χ4v) is 2.06. The Hall–Kier alpha value is -2.35. The Labute approximate surface area is 129 Å². The monoisotopic (exact) mass is 352 g/mol. The minimum absolute atomic E-state index is 0.0588. The van der Waals surface area contributed by atoms with Crippen LogP contribution in [0.25, 0.3) is 0 Å². The van der Waals surface area contributed by atoms with E-state index in [1.54, 1.807) is 31.4 Å². The van der Waals surface area contributed by atoms with Gasteiger partial charge in [-0.15, -0.1) is 0 Å². The number of aryl methyl sites for hydroxylation is 1. The Balaban J connectivity index is 2.11. The van der Waals surface area contributed by atoms with Crippen LogP contribution in [0.1, 0.15) is 16.1 Å². The first-order chi connectivity index (χ1) is 10.0. The van der Waals surface area contributed by atoms with Crippen molar-refractivity contribution in [2.24, 2.45) is 12.1 Å². The highest BCUT2D eigenvalue weighted by molar-refractivity contribution is 9.10. The summed E-state index contributed by atoms with van der Waals surface area (Å²) >= 11 is 3.30. The molecule has 0 bridgehead atoms. The predicted octanol–water partition coefficient (Wildman–Crippen LogP) is 1.66. The largest absolute Gasteiger partial charge is 0.504 e. The molecule has 0 radical (unpaired) electrons. The Kier molecular flexibility index (Phi) is 4.59. The van der Waals surface area contributed by atoms with Crippen molar-refractivity contribution in [2.75, 3.05) is 7.11 Å². The summed E-state index contributed by atoms with van der Waals surface area (Å²) in [5.41, 5.74) is 2.99. The summed E-state index contributed by atoms with van der Waals surface area (Å²) in [5.74, 6) is -0.188. The molecule has 0 saturated carbocycles. The maximum absolute atomic E-state index is 11.7. The number of hydrogen-bond donors (Lipinski definition) is 2. The Bertz CT molecular complexity index is 697. The van der Waals surface area contributed by atoms with E-state index < -0.39 is 5.91 Å². The number of carbonyl (C=O) groups excluding carboxylic acids is 1. The number of aromatic hydroxyl groups is 1. The number of hydrazone groups is 1. The van der Waals surface area contributed by atoms with Crippen molar-refractivity contribution in [3.63, 3.8) is 0 Å². The van der Waals surface area contributed by atoms with Gasteiger partial charge in [0.1, 0.15) is 0 Å². The lowest BCUT2D eigenvalue weighted by Crippen LogP contribution is -2.18. The van der Waals surface area contributed by atoms with Gasteiger partial charge in [-0.05, 0) is 18.2 Å². The second kappa shape index (κ2) is 6.40. The van der Waals surface area contributed by atoms with Crippen LogP contribution in [-0.4, -0.2) is 34.1 Å². The molecular weight excluding hydrogens is 340 g/mol. The second-order valence-electron chi connectivity index (χ2n) is 4.12. The van der Waals surface area contributed by atoms with E-state index >= 15 is 0 Å². The fourth-order valence-electron chi connectivity index (χ4n) is 1.60. The topological polar surface area (TPSA) is 88.7 Å². The van der Waals surface area contributed by atoms with Crippen LogP contribution in [0.5, 0.6) is 11.5 Å². The zero-order valence-corrected chi connectivity index (χ0v) is 13.0. The average Bonchev–Trinajstić information content (AvgIpc) is 2.88. The van der Waals surface area contributed by atoms with Crippen molar-refractivity contribution in [1.29, 1.82) is 0 Å². The molecule has 110 valence electrons. The molecule has 1 aromatic carbocycles. The Morgan fingerprint density at radius 1 is 1.57 bits per heavy atom. The van der Waals surface area contributed by atoms with Crippen LogP contribution in [0.3, 0.4) is 0 Å². The number of rotatable bonds is 4. The highest BCUT2D eigenvalue weighted by Gasteiger charge is 2.09. The summed E-state index contributed by atoms with van der Waals surface area (Å²) in [6.07, 6.45) is 2.98. The SMILES string of the molecule is COc1cc(Br)cc(C=NNC(=O)c2ccn(C)n2)c1O. The van der Waals surface area contributed by atoms with Crippen LogP contribution in [0, 0.1) is 0 Å². The number of phenolic OH excluding ortho intramolecular Hbond substituents is 1. The van der Waals surface area contributed by atoms with E-state index in [2.05, 4.69) is 31.6 Å². The molecule has 8 heteroatoms. The van der Waals surface area contributed by atoms with Crippen molar-refractivity contribution < 1.29 is 14.6 Å². The van der Waals surface area contributed by atoms with Crippen LogP contribution in [0.2, 0.25) is 0 Å². The summed E-state index contributed by atoms with van der Waals surface area (Å²) in [4.78, 5) is 11.7. The van der Waals surface area contributed by atoms with Gasteiger partial charge in [-0.1, -0.05) is 15.9 Å². The fraction of sp³-hybridized carbons (Fsp3) is 0.154. The van der Waals surface area contributed by atoms with Crippen molar-refractivity contribution in [3.8, 4) is 11.5 Å². The lowest BCUT2D eigenvalue weighted by Gasteiger charge is -2.06. The average molecular weight is 353 g/mol. The maximum atomic E-state index is 11.7. The first kappa shape index (κ1) is 15.0. The number of methoxy groups -OCH3 is 1. The minimum atomic E-state index is -0.437. The van der Waals surface area contributed by atoms with Crippen molar-refractivity contribution >= 4 is 28.1 Å². The van der Waals surface area contributed by atoms with Gasteiger partial charge in [0, 0.05) is 23.3 Å². The molecule has 7 nitrogen and oxygen atoms in total. The highest BCUT2D eigenvalue weighted by Crippen LogP contribution is 2.32. The molecule has 0 atom stereocenters. The van der Waals surface area contributed by atoms with Gasteiger partial charge in [0.2, 0.25) is 0 Å². The van der Waals surface area contributed by atoms with Crippen LogP contribution in [0.15, 0.2) is 34.0 Å². The van der Waals surface area contributed by atoms with Crippen molar-refractivity contribution in [2.45, 2.75) is 0 Å². The number of ether oxygens (including phenoxy) is 1.